The van der Waals surface area contributed by atoms with E-state index < -0.39 is 23.9 Å². The molecule has 3 fully saturated rings. The molecular formula is C28H38F6O2. The molecule has 0 heterocycles. The van der Waals surface area contributed by atoms with Gasteiger partial charge in [0.2, 0.25) is 0 Å². The van der Waals surface area contributed by atoms with Crippen molar-refractivity contribution in [2.24, 2.45) is 29.1 Å². The van der Waals surface area contributed by atoms with Gasteiger partial charge >= 0.3 is 12.4 Å². The molecule has 3 aliphatic carbocycles. The van der Waals surface area contributed by atoms with Gasteiger partial charge in [0.1, 0.15) is 0 Å². The van der Waals surface area contributed by atoms with Crippen molar-refractivity contribution < 1.29 is 36.6 Å². The predicted molar refractivity (Wildman–Crippen MR) is 128 cm³/mol. The zero-order valence-corrected chi connectivity index (χ0v) is 21.2. The lowest BCUT2D eigenvalue weighted by Gasteiger charge is -2.44. The van der Waals surface area contributed by atoms with Gasteiger partial charge in [-0.2, -0.15) is 26.3 Å². The Hall–Kier alpha value is -1.54. The molecule has 3 aliphatic rings. The third-order valence-electron chi connectivity index (χ3n) is 9.09. The van der Waals surface area contributed by atoms with Crippen LogP contribution >= 0.6 is 0 Å². The molecule has 2 N–H and O–H groups in total. The highest BCUT2D eigenvalue weighted by Crippen LogP contribution is 2.59. The summed E-state index contributed by atoms with van der Waals surface area (Å²) in [7, 11) is 0. The van der Waals surface area contributed by atoms with E-state index in [2.05, 4.69) is 25.7 Å². The second kappa shape index (κ2) is 10.3. The number of aliphatic hydroxyl groups excluding tert-OH is 1. The molecule has 3 saturated carbocycles. The summed E-state index contributed by atoms with van der Waals surface area (Å²) in [4.78, 5) is 0. The number of hydrogen-bond acceptors (Lipinski definition) is 2. The van der Waals surface area contributed by atoms with E-state index in [1.165, 1.54) is 11.6 Å². The summed E-state index contributed by atoms with van der Waals surface area (Å²) >= 11 is 0. The first-order valence-electron chi connectivity index (χ1n) is 12.8. The molecule has 1 unspecified atom stereocenters. The molecule has 8 heteroatoms. The number of aliphatic hydroxyl groups is 2. The highest BCUT2D eigenvalue weighted by molar-refractivity contribution is 5.36. The van der Waals surface area contributed by atoms with Crippen LogP contribution in [0.4, 0.5) is 26.3 Å². The average Bonchev–Trinajstić information content (AvgIpc) is 3.13. The minimum absolute atomic E-state index is 0.108. The highest BCUT2D eigenvalue weighted by atomic mass is 19.4. The van der Waals surface area contributed by atoms with Crippen molar-refractivity contribution in [3.05, 3.63) is 47.6 Å². The largest absolute Gasteiger partial charge is 0.426 e. The summed E-state index contributed by atoms with van der Waals surface area (Å²) in [5.41, 5.74) is -1.47. The lowest BCUT2D eigenvalue weighted by Crippen LogP contribution is -2.60. The monoisotopic (exact) mass is 520 g/mol. The van der Waals surface area contributed by atoms with Crippen LogP contribution in [-0.4, -0.2) is 34.3 Å². The van der Waals surface area contributed by atoms with Gasteiger partial charge in [-0.15, -0.1) is 0 Å². The summed E-state index contributed by atoms with van der Waals surface area (Å²) in [6.45, 7) is 8.91. The lowest BCUT2D eigenvalue weighted by atomic mass is 9.61. The van der Waals surface area contributed by atoms with Gasteiger partial charge in [0, 0.05) is 5.92 Å². The average molecular weight is 521 g/mol. The SMILES string of the molecule is C=C1CC[C@H](O)C/C1=C/C=C1\CCC[C@]2(C)[C@@H]([C@H](C)/C=C/C(C)C(O)(C(F)(F)F)C(F)(F)F)CC[C@@H]12. The number of hydrogen-bond donors (Lipinski definition) is 2. The molecule has 2 nitrogen and oxygen atoms in total. The molecule has 0 aromatic rings. The van der Waals surface area contributed by atoms with Gasteiger partial charge in [0.25, 0.3) is 5.60 Å². The van der Waals surface area contributed by atoms with E-state index in [1.807, 2.05) is 6.92 Å². The Bertz CT molecular complexity index is 898. The molecule has 0 amide bonds. The van der Waals surface area contributed by atoms with Gasteiger partial charge in [-0.1, -0.05) is 62.8 Å². The third kappa shape index (κ3) is 5.35. The topological polar surface area (TPSA) is 40.5 Å². The van der Waals surface area contributed by atoms with Crippen LogP contribution in [0.5, 0.6) is 0 Å². The molecular weight excluding hydrogens is 482 g/mol. The van der Waals surface area contributed by atoms with Crippen molar-refractivity contribution >= 4 is 0 Å². The Morgan fingerprint density at radius 2 is 1.61 bits per heavy atom. The van der Waals surface area contributed by atoms with Gasteiger partial charge in [0.15, 0.2) is 0 Å². The zero-order valence-electron chi connectivity index (χ0n) is 21.2. The van der Waals surface area contributed by atoms with Gasteiger partial charge < -0.3 is 10.2 Å². The Balaban J connectivity index is 1.78. The van der Waals surface area contributed by atoms with Crippen LogP contribution in [-0.2, 0) is 0 Å². The first-order valence-corrected chi connectivity index (χ1v) is 12.8. The normalized spacial score (nSPS) is 34.4. The van der Waals surface area contributed by atoms with E-state index >= 15 is 0 Å². The van der Waals surface area contributed by atoms with E-state index in [-0.39, 0.29) is 23.4 Å². The summed E-state index contributed by atoms with van der Waals surface area (Å²) < 4.78 is 79.3. The quantitative estimate of drug-likeness (QED) is 0.286. The molecule has 0 saturated heterocycles. The van der Waals surface area contributed by atoms with Crippen LogP contribution in [0.25, 0.3) is 0 Å². The number of allylic oxidation sites excluding steroid dienone is 5. The molecule has 0 aromatic heterocycles. The highest BCUT2D eigenvalue weighted by Gasteiger charge is 2.72. The fraction of sp³-hybridized carbons (Fsp3) is 0.714. The van der Waals surface area contributed by atoms with Crippen LogP contribution < -0.4 is 0 Å². The van der Waals surface area contributed by atoms with E-state index in [9.17, 15) is 36.6 Å². The smallest absolute Gasteiger partial charge is 0.393 e. The minimum Gasteiger partial charge on any atom is -0.393 e. The minimum atomic E-state index is -5.83. The summed E-state index contributed by atoms with van der Waals surface area (Å²) in [6, 6.07) is 0. The maximum atomic E-state index is 13.2. The Kier molecular flexibility index (Phi) is 8.32. The van der Waals surface area contributed by atoms with Gasteiger partial charge in [0.05, 0.1) is 6.10 Å². The molecule has 204 valence electrons. The first-order chi connectivity index (χ1) is 16.5. The molecule has 0 aromatic carbocycles. The first kappa shape index (κ1) is 29.0. The van der Waals surface area contributed by atoms with Crippen molar-refractivity contribution in [2.75, 3.05) is 0 Å². The molecule has 0 spiro atoms. The van der Waals surface area contributed by atoms with E-state index in [0.29, 0.717) is 12.3 Å². The van der Waals surface area contributed by atoms with Crippen LogP contribution in [0.2, 0.25) is 0 Å². The molecule has 6 atom stereocenters. The molecule has 0 bridgehead atoms. The fourth-order valence-corrected chi connectivity index (χ4v) is 6.83. The molecule has 3 rings (SSSR count). The van der Waals surface area contributed by atoms with Crippen LogP contribution in [0.15, 0.2) is 47.6 Å². The van der Waals surface area contributed by atoms with E-state index in [1.54, 1.807) is 0 Å². The number of halogens is 6. The van der Waals surface area contributed by atoms with E-state index in [0.717, 1.165) is 69.1 Å². The molecule has 0 aliphatic heterocycles. The second-order valence-corrected chi connectivity index (χ2v) is 11.3. The Morgan fingerprint density at radius 1 is 0.972 bits per heavy atom. The van der Waals surface area contributed by atoms with E-state index in [4.69, 9.17) is 0 Å². The fourth-order valence-electron chi connectivity index (χ4n) is 6.83. The number of fused-ring (bicyclic) bond motifs is 1. The van der Waals surface area contributed by atoms with Crippen molar-refractivity contribution in [2.45, 2.75) is 96.2 Å². The van der Waals surface area contributed by atoms with Gasteiger partial charge in [-0.3, -0.25) is 0 Å². The standard InChI is InChI=1S/C28H38F6O2/c1-17-8-12-22(35)16-21(17)11-10-20-6-5-15-25(4)23(13-14-24(20)25)18(2)7-9-19(3)26(36,27(29,30)31)28(32,33)34/h7,9-11,18-19,22-24,35-36H,1,5-6,8,12-16H2,2-4H3/b9-7+,20-10+,21-11-/t18-,19?,22+,23-,24+,25-/m1/s1. The van der Waals surface area contributed by atoms with Crippen molar-refractivity contribution in [3.63, 3.8) is 0 Å². The van der Waals surface area contributed by atoms with Crippen molar-refractivity contribution in [1.82, 2.24) is 0 Å². The van der Waals surface area contributed by atoms with Crippen LogP contribution in [0.1, 0.15) is 72.1 Å². The van der Waals surface area contributed by atoms with Gasteiger partial charge in [-0.25, -0.2) is 0 Å². The zero-order chi connectivity index (χ0) is 27.1. The lowest BCUT2D eigenvalue weighted by molar-refractivity contribution is -0.378. The Labute approximate surface area is 209 Å². The van der Waals surface area contributed by atoms with Crippen LogP contribution in [0, 0.1) is 29.1 Å². The molecule has 36 heavy (non-hydrogen) atoms. The predicted octanol–water partition coefficient (Wildman–Crippen LogP) is 7.84. The van der Waals surface area contributed by atoms with Gasteiger partial charge in [-0.05, 0) is 80.1 Å². The van der Waals surface area contributed by atoms with Crippen LogP contribution in [0.3, 0.4) is 0 Å². The summed E-state index contributed by atoms with van der Waals surface area (Å²) in [5, 5.41) is 19.7. The maximum Gasteiger partial charge on any atom is 0.426 e. The number of alkyl halides is 6. The Morgan fingerprint density at radius 3 is 2.22 bits per heavy atom. The number of rotatable bonds is 5. The summed E-state index contributed by atoms with van der Waals surface area (Å²) in [6.07, 6.45) is 1.24. The second-order valence-electron chi connectivity index (χ2n) is 11.3. The molecule has 0 radical (unpaired) electrons. The maximum absolute atomic E-state index is 13.2. The summed E-state index contributed by atoms with van der Waals surface area (Å²) in [5.74, 6) is -2.00. The third-order valence-corrected chi connectivity index (χ3v) is 9.09. The van der Waals surface area contributed by atoms with Crippen molar-refractivity contribution in [3.8, 4) is 0 Å². The van der Waals surface area contributed by atoms with Crippen molar-refractivity contribution in [1.29, 1.82) is 0 Å².